The average Bonchev–Trinajstić information content (AvgIpc) is 3.06. The Labute approximate surface area is 259 Å². The van der Waals surface area contributed by atoms with E-state index in [1.165, 1.54) is 31.9 Å². The van der Waals surface area contributed by atoms with E-state index in [9.17, 15) is 4.79 Å². The molecule has 3 N–H and O–H groups in total. The summed E-state index contributed by atoms with van der Waals surface area (Å²) in [5.41, 5.74) is 7.68. The fourth-order valence-corrected chi connectivity index (χ4v) is 3.53. The largest absolute Gasteiger partial charge is 0.493 e. The molecule has 10 heteroatoms. The number of aliphatic hydroxyl groups excluding tert-OH is 2. The summed E-state index contributed by atoms with van der Waals surface area (Å²) in [7, 11) is 1.45. The maximum absolute atomic E-state index is 9.48. The predicted molar refractivity (Wildman–Crippen MR) is 170 cm³/mol. The Morgan fingerprint density at radius 2 is 1.52 bits per heavy atom. The molecule has 0 spiro atoms. The molecular weight excluding hydrogens is 566 g/mol. The van der Waals surface area contributed by atoms with Crippen molar-refractivity contribution in [1.82, 2.24) is 0 Å². The smallest absolute Gasteiger partial charge is 0.169 e. The number of anilines is 1. The number of hydrogen-bond donors (Lipinski definition) is 3. The number of unbranched alkanes of at least 4 members (excludes halogenated alkanes) is 2. The number of hydrogen-bond acceptors (Lipinski definition) is 10. The molecule has 0 aliphatic heterocycles. The van der Waals surface area contributed by atoms with Crippen molar-refractivity contribution in [2.45, 2.75) is 39.0 Å². The van der Waals surface area contributed by atoms with Crippen molar-refractivity contribution in [1.29, 1.82) is 0 Å². The summed E-state index contributed by atoms with van der Waals surface area (Å²) in [6, 6.07) is 21.1. The minimum atomic E-state index is -0.233. The van der Waals surface area contributed by atoms with Crippen molar-refractivity contribution >= 4 is 18.8 Å². The Balaban J connectivity index is 0.00000108. The van der Waals surface area contributed by atoms with Gasteiger partial charge >= 0.3 is 0 Å². The normalized spacial score (nSPS) is 9.82. The molecule has 0 aromatic heterocycles. The van der Waals surface area contributed by atoms with Crippen LogP contribution in [0.3, 0.4) is 0 Å². The van der Waals surface area contributed by atoms with Gasteiger partial charge in [0.25, 0.3) is 0 Å². The zero-order valence-corrected chi connectivity index (χ0v) is 25.5. The van der Waals surface area contributed by atoms with Gasteiger partial charge in [0, 0.05) is 18.1 Å². The minimum absolute atomic E-state index is 0.0551. The fourth-order valence-electron chi connectivity index (χ4n) is 3.53. The highest BCUT2D eigenvalue weighted by atomic mass is 17.3. The van der Waals surface area contributed by atoms with E-state index in [0.717, 1.165) is 23.2 Å². The van der Waals surface area contributed by atoms with Gasteiger partial charge in [-0.2, -0.15) is 4.89 Å². The maximum atomic E-state index is 9.48. The number of nitrogens with one attached hydrogen (secondary N) is 1. The number of carbonyl (C=O) groups is 2. The molecule has 0 heterocycles. The Kier molecular flexibility index (Phi) is 19.7. The minimum Gasteiger partial charge on any atom is -0.493 e. The second kappa shape index (κ2) is 23.0. The number of aryl methyl sites for hydroxylation is 1. The molecule has 3 rings (SSSR count). The molecule has 0 saturated heterocycles. The highest BCUT2D eigenvalue weighted by Crippen LogP contribution is 2.31. The lowest BCUT2D eigenvalue weighted by molar-refractivity contribution is -0.178. The van der Waals surface area contributed by atoms with Crippen molar-refractivity contribution in [2.24, 2.45) is 0 Å². The molecule has 0 saturated carbocycles. The topological polar surface area (TPSA) is 133 Å². The van der Waals surface area contributed by atoms with Crippen LogP contribution in [0.4, 0.5) is 5.69 Å². The molecular formula is C34H43NO9. The van der Waals surface area contributed by atoms with Gasteiger partial charge in [-0.1, -0.05) is 62.2 Å². The van der Waals surface area contributed by atoms with E-state index in [0.29, 0.717) is 42.1 Å². The SMILES string of the molecule is C=C(C=O)CO.C=C(CO)CCOc1cc(OOC)cc(-c2ccc(OONc3ccc(CCCCC)cc3)cc2)c1.C=O. The standard InChI is InChI=1S/C29H35NO6.C4H6O2.CH2O/c1-4-5-6-7-23-8-12-26(13-9-23)30-36-35-27-14-10-24(11-15-27)25-18-28(20-29(19-25)34-32-3)33-17-16-22(2)21-31;1-4(2-5)3-6;1-2/h8-15,18-20,30-31H,2,4-7,16-17,21H2,1,3H3;2,6H,1,3H2;1H2. The van der Waals surface area contributed by atoms with Crippen LogP contribution in [0.15, 0.2) is 91.0 Å². The van der Waals surface area contributed by atoms with Gasteiger partial charge in [0.15, 0.2) is 11.5 Å². The van der Waals surface area contributed by atoms with Crippen LogP contribution >= 0.6 is 0 Å². The second-order valence-electron chi connectivity index (χ2n) is 9.33. The lowest BCUT2D eigenvalue weighted by Gasteiger charge is -2.12. The number of benzene rings is 3. The molecule has 0 aliphatic rings. The first-order valence-electron chi connectivity index (χ1n) is 14.0. The lowest BCUT2D eigenvalue weighted by atomic mass is 10.0. The summed E-state index contributed by atoms with van der Waals surface area (Å²) in [5.74, 6) is 1.68. The number of aliphatic hydroxyl groups is 2. The summed E-state index contributed by atoms with van der Waals surface area (Å²) in [6.07, 6.45) is 5.85. The first-order chi connectivity index (χ1) is 21.4. The van der Waals surface area contributed by atoms with E-state index >= 15 is 0 Å². The molecule has 0 bridgehead atoms. The number of ether oxygens (including phenoxy) is 1. The van der Waals surface area contributed by atoms with Crippen molar-refractivity contribution < 1.29 is 44.2 Å². The van der Waals surface area contributed by atoms with Gasteiger partial charge in [-0.15, -0.1) is 0 Å². The zero-order chi connectivity index (χ0) is 32.6. The molecule has 238 valence electrons. The van der Waals surface area contributed by atoms with E-state index in [-0.39, 0.29) is 18.8 Å². The van der Waals surface area contributed by atoms with E-state index in [4.69, 9.17) is 39.4 Å². The van der Waals surface area contributed by atoms with Crippen LogP contribution in [-0.4, -0.2) is 50.2 Å². The van der Waals surface area contributed by atoms with Crippen molar-refractivity contribution in [3.63, 3.8) is 0 Å². The monoisotopic (exact) mass is 609 g/mol. The van der Waals surface area contributed by atoms with Crippen LogP contribution in [0.2, 0.25) is 0 Å². The maximum Gasteiger partial charge on any atom is 0.169 e. The third kappa shape index (κ3) is 15.1. The van der Waals surface area contributed by atoms with Gasteiger partial charge in [-0.3, -0.25) is 4.79 Å². The first-order valence-corrected chi connectivity index (χ1v) is 14.0. The Morgan fingerprint density at radius 1 is 0.841 bits per heavy atom. The lowest BCUT2D eigenvalue weighted by Crippen LogP contribution is -2.05. The zero-order valence-electron chi connectivity index (χ0n) is 25.5. The van der Waals surface area contributed by atoms with Gasteiger partial charge in [-0.25, -0.2) is 5.48 Å². The van der Waals surface area contributed by atoms with Gasteiger partial charge in [0.1, 0.15) is 18.8 Å². The number of aldehydes is 1. The van der Waals surface area contributed by atoms with Crippen LogP contribution in [0, 0.1) is 0 Å². The van der Waals surface area contributed by atoms with Crippen LogP contribution in [0.5, 0.6) is 17.2 Å². The van der Waals surface area contributed by atoms with E-state index in [1.807, 2.05) is 55.3 Å². The van der Waals surface area contributed by atoms with Gasteiger partial charge < -0.3 is 29.5 Å². The number of rotatable bonds is 18. The predicted octanol–water partition coefficient (Wildman–Crippen LogP) is 6.23. The summed E-state index contributed by atoms with van der Waals surface area (Å²) >= 11 is 0. The Morgan fingerprint density at radius 3 is 2.09 bits per heavy atom. The summed E-state index contributed by atoms with van der Waals surface area (Å²) < 4.78 is 5.82. The van der Waals surface area contributed by atoms with E-state index < -0.39 is 0 Å². The van der Waals surface area contributed by atoms with Crippen LogP contribution in [0.25, 0.3) is 11.1 Å². The van der Waals surface area contributed by atoms with E-state index in [1.54, 1.807) is 6.07 Å². The third-order valence-electron chi connectivity index (χ3n) is 5.89. The van der Waals surface area contributed by atoms with Crippen LogP contribution in [-0.2, 0) is 25.9 Å². The third-order valence-corrected chi connectivity index (χ3v) is 5.89. The molecule has 3 aromatic carbocycles. The van der Waals surface area contributed by atoms with Gasteiger partial charge in [-0.05, 0) is 71.5 Å². The average molecular weight is 610 g/mol. The molecule has 0 aliphatic carbocycles. The quantitative estimate of drug-likeness (QED) is 0.0381. The highest BCUT2D eigenvalue weighted by Gasteiger charge is 2.08. The Hall–Kier alpha value is -4.48. The second-order valence-corrected chi connectivity index (χ2v) is 9.33. The molecule has 0 radical (unpaired) electrons. The summed E-state index contributed by atoms with van der Waals surface area (Å²) in [5, 5.41) is 17.1. The van der Waals surface area contributed by atoms with Crippen molar-refractivity contribution in [2.75, 3.05) is 32.4 Å². The van der Waals surface area contributed by atoms with Crippen molar-refractivity contribution in [3.8, 4) is 28.4 Å². The molecule has 0 fully saturated rings. The molecule has 0 amide bonds. The van der Waals surface area contributed by atoms with E-state index in [2.05, 4.69) is 37.7 Å². The van der Waals surface area contributed by atoms with Gasteiger partial charge in [0.2, 0.25) is 0 Å². The van der Waals surface area contributed by atoms with Crippen molar-refractivity contribution in [3.05, 3.63) is 96.6 Å². The molecule has 0 unspecified atom stereocenters. The number of carbonyl (C=O) groups excluding carboxylic acids is 2. The molecule has 44 heavy (non-hydrogen) atoms. The first kappa shape index (κ1) is 37.5. The molecule has 10 nitrogen and oxygen atoms in total. The van der Waals surface area contributed by atoms with Crippen LogP contribution in [0.1, 0.15) is 38.2 Å². The highest BCUT2D eigenvalue weighted by molar-refractivity contribution is 5.72. The Bertz CT molecular complexity index is 1240. The molecule has 3 aromatic rings. The van der Waals surface area contributed by atoms with Crippen LogP contribution < -0.4 is 20.0 Å². The summed E-state index contributed by atoms with van der Waals surface area (Å²) in [4.78, 5) is 38.1. The van der Waals surface area contributed by atoms with Gasteiger partial charge in [0.05, 0.1) is 32.6 Å². The fraction of sp³-hybridized carbons (Fsp3) is 0.294. The molecule has 0 atom stereocenters. The summed E-state index contributed by atoms with van der Waals surface area (Å²) in [6.45, 7) is 11.3.